The van der Waals surface area contributed by atoms with Crippen LogP contribution >= 0.6 is 11.8 Å². The summed E-state index contributed by atoms with van der Waals surface area (Å²) in [6.07, 6.45) is 6.07. The number of para-hydroxylation sites is 1. The van der Waals surface area contributed by atoms with Gasteiger partial charge in [0, 0.05) is 22.6 Å². The third-order valence-corrected chi connectivity index (χ3v) is 6.85. The van der Waals surface area contributed by atoms with Crippen LogP contribution < -0.4 is 10.2 Å². The molecule has 5 heteroatoms. The Morgan fingerprint density at radius 3 is 2.50 bits per heavy atom. The summed E-state index contributed by atoms with van der Waals surface area (Å²) in [4.78, 5) is 28.5. The van der Waals surface area contributed by atoms with Crippen molar-refractivity contribution in [2.45, 2.75) is 54.7 Å². The molecule has 0 bridgehead atoms. The minimum atomic E-state index is -0.0572. The first kappa shape index (κ1) is 19.1. The maximum absolute atomic E-state index is 13.1. The molecule has 2 amide bonds. The number of nitrogens with zero attached hydrogens (tertiary/aromatic N) is 1. The number of fused-ring (bicyclic) bond motifs is 1. The molecule has 1 fully saturated rings. The number of hydrogen-bond acceptors (Lipinski definition) is 3. The molecule has 1 aliphatic heterocycles. The van der Waals surface area contributed by atoms with Gasteiger partial charge in [-0.3, -0.25) is 9.59 Å². The molecule has 2 aliphatic rings. The van der Waals surface area contributed by atoms with Crippen LogP contribution in [0.2, 0.25) is 0 Å². The SMILES string of the molecule is O=C(CN1C(=O)CC(c2ccccc2)Sc2ccccc21)NC1CCCCC1. The fourth-order valence-corrected chi connectivity index (χ4v) is 5.35. The van der Waals surface area contributed by atoms with Crippen LogP contribution in [-0.4, -0.2) is 24.4 Å². The van der Waals surface area contributed by atoms with Crippen molar-refractivity contribution in [2.24, 2.45) is 0 Å². The molecule has 0 aromatic heterocycles. The van der Waals surface area contributed by atoms with E-state index in [0.29, 0.717) is 6.42 Å². The molecule has 2 aromatic rings. The van der Waals surface area contributed by atoms with E-state index in [1.165, 1.54) is 19.3 Å². The lowest BCUT2D eigenvalue weighted by Gasteiger charge is -2.26. The summed E-state index contributed by atoms with van der Waals surface area (Å²) in [6.45, 7) is 0.0917. The maximum Gasteiger partial charge on any atom is 0.240 e. The van der Waals surface area contributed by atoms with Gasteiger partial charge < -0.3 is 10.2 Å². The van der Waals surface area contributed by atoms with Crippen molar-refractivity contribution in [1.82, 2.24) is 5.32 Å². The first-order valence-corrected chi connectivity index (χ1v) is 11.0. The molecule has 28 heavy (non-hydrogen) atoms. The Kier molecular flexibility index (Phi) is 6.01. The van der Waals surface area contributed by atoms with E-state index in [-0.39, 0.29) is 29.7 Å². The van der Waals surface area contributed by atoms with Gasteiger partial charge in [0.25, 0.3) is 0 Å². The van der Waals surface area contributed by atoms with Gasteiger partial charge in [-0.1, -0.05) is 61.7 Å². The Hall–Kier alpha value is -2.27. The third kappa shape index (κ3) is 4.41. The number of benzene rings is 2. The summed E-state index contributed by atoms with van der Waals surface area (Å²) in [6, 6.07) is 18.3. The molecule has 2 aromatic carbocycles. The zero-order chi connectivity index (χ0) is 19.3. The van der Waals surface area contributed by atoms with Crippen LogP contribution in [0.3, 0.4) is 0 Å². The quantitative estimate of drug-likeness (QED) is 0.817. The van der Waals surface area contributed by atoms with E-state index in [4.69, 9.17) is 0 Å². The van der Waals surface area contributed by atoms with Crippen molar-refractivity contribution in [3.8, 4) is 0 Å². The van der Waals surface area contributed by atoms with Crippen LogP contribution in [0.25, 0.3) is 0 Å². The zero-order valence-electron chi connectivity index (χ0n) is 16.0. The molecule has 146 valence electrons. The third-order valence-electron chi connectivity index (χ3n) is 5.53. The van der Waals surface area contributed by atoms with Crippen molar-refractivity contribution < 1.29 is 9.59 Å². The Labute approximate surface area is 170 Å². The molecule has 4 nitrogen and oxygen atoms in total. The minimum Gasteiger partial charge on any atom is -0.352 e. The summed E-state index contributed by atoms with van der Waals surface area (Å²) in [5.74, 6) is -0.0525. The molecule has 0 saturated heterocycles. The molecule has 0 radical (unpaired) electrons. The van der Waals surface area contributed by atoms with Gasteiger partial charge in [-0.05, 0) is 30.5 Å². The van der Waals surface area contributed by atoms with Gasteiger partial charge in [0.2, 0.25) is 11.8 Å². The van der Waals surface area contributed by atoms with E-state index in [9.17, 15) is 9.59 Å². The molecule has 1 atom stereocenters. The summed E-state index contributed by atoms with van der Waals surface area (Å²) < 4.78 is 0. The number of carbonyl (C=O) groups is 2. The van der Waals surface area contributed by atoms with Gasteiger partial charge in [0.05, 0.1) is 5.69 Å². The van der Waals surface area contributed by atoms with E-state index in [2.05, 4.69) is 17.4 Å². The topological polar surface area (TPSA) is 49.4 Å². The van der Waals surface area contributed by atoms with Crippen LogP contribution in [-0.2, 0) is 9.59 Å². The van der Waals surface area contributed by atoms with Crippen molar-refractivity contribution in [3.63, 3.8) is 0 Å². The monoisotopic (exact) mass is 394 g/mol. The van der Waals surface area contributed by atoms with Gasteiger partial charge >= 0.3 is 0 Å². The second-order valence-corrected chi connectivity index (χ2v) is 8.82. The van der Waals surface area contributed by atoms with Crippen LogP contribution in [0, 0.1) is 0 Å². The zero-order valence-corrected chi connectivity index (χ0v) is 16.8. The summed E-state index contributed by atoms with van der Waals surface area (Å²) >= 11 is 1.71. The predicted octanol–water partition coefficient (Wildman–Crippen LogP) is 4.71. The van der Waals surface area contributed by atoms with E-state index < -0.39 is 0 Å². The molecule has 1 aliphatic carbocycles. The van der Waals surface area contributed by atoms with Gasteiger partial charge in [-0.25, -0.2) is 0 Å². The lowest BCUT2D eigenvalue weighted by molar-refractivity contribution is -0.124. The van der Waals surface area contributed by atoms with Gasteiger partial charge in [0.15, 0.2) is 0 Å². The second kappa shape index (κ2) is 8.82. The normalized spacial score (nSPS) is 20.4. The Morgan fingerprint density at radius 1 is 1.00 bits per heavy atom. The summed E-state index contributed by atoms with van der Waals surface area (Å²) in [7, 11) is 0. The highest BCUT2D eigenvalue weighted by atomic mass is 32.2. The second-order valence-electron chi connectivity index (χ2n) is 7.57. The highest BCUT2D eigenvalue weighted by Gasteiger charge is 2.30. The van der Waals surface area contributed by atoms with Crippen LogP contribution in [0.15, 0.2) is 59.5 Å². The smallest absolute Gasteiger partial charge is 0.240 e. The standard InChI is InChI=1S/C23H26N2O2S/c26-22(24-18-11-5-2-6-12-18)16-25-19-13-7-8-14-20(19)28-21(15-23(25)27)17-9-3-1-4-10-17/h1,3-4,7-10,13-14,18,21H,2,5-6,11-12,15-16H2,(H,24,26). The van der Waals surface area contributed by atoms with Crippen molar-refractivity contribution in [1.29, 1.82) is 0 Å². The summed E-state index contributed by atoms with van der Waals surface area (Å²) in [5, 5.41) is 3.20. The van der Waals surface area contributed by atoms with Gasteiger partial charge in [0.1, 0.15) is 6.54 Å². The number of thioether (sulfide) groups is 1. The summed E-state index contributed by atoms with van der Waals surface area (Å²) in [5.41, 5.74) is 1.99. The van der Waals surface area contributed by atoms with Crippen LogP contribution in [0.4, 0.5) is 5.69 Å². The highest BCUT2D eigenvalue weighted by Crippen LogP contribution is 2.45. The molecular formula is C23H26N2O2S. The van der Waals surface area contributed by atoms with Gasteiger partial charge in [-0.2, -0.15) is 0 Å². The van der Waals surface area contributed by atoms with Crippen LogP contribution in [0.5, 0.6) is 0 Å². The van der Waals surface area contributed by atoms with Crippen molar-refractivity contribution in [2.75, 3.05) is 11.4 Å². The molecule has 1 unspecified atom stereocenters. The molecule has 1 saturated carbocycles. The molecule has 0 spiro atoms. The lowest BCUT2D eigenvalue weighted by atomic mass is 9.95. The average molecular weight is 395 g/mol. The Morgan fingerprint density at radius 2 is 1.71 bits per heavy atom. The number of hydrogen-bond donors (Lipinski definition) is 1. The average Bonchev–Trinajstić information content (AvgIpc) is 2.86. The predicted molar refractivity (Wildman–Crippen MR) is 113 cm³/mol. The van der Waals surface area contributed by atoms with E-state index in [0.717, 1.165) is 29.0 Å². The molecular weight excluding hydrogens is 368 g/mol. The number of anilines is 1. The van der Waals surface area contributed by atoms with E-state index in [1.54, 1.807) is 16.7 Å². The number of rotatable bonds is 4. The lowest BCUT2D eigenvalue weighted by Crippen LogP contribution is -2.45. The Balaban J connectivity index is 1.54. The largest absolute Gasteiger partial charge is 0.352 e. The van der Waals surface area contributed by atoms with Gasteiger partial charge in [-0.15, -0.1) is 11.8 Å². The maximum atomic E-state index is 13.1. The van der Waals surface area contributed by atoms with Crippen molar-refractivity contribution in [3.05, 3.63) is 60.2 Å². The number of nitrogens with one attached hydrogen (secondary N) is 1. The Bertz CT molecular complexity index is 834. The van der Waals surface area contributed by atoms with Crippen LogP contribution in [0.1, 0.15) is 49.3 Å². The van der Waals surface area contributed by atoms with E-state index in [1.807, 2.05) is 42.5 Å². The highest BCUT2D eigenvalue weighted by molar-refractivity contribution is 7.99. The van der Waals surface area contributed by atoms with Crippen molar-refractivity contribution >= 4 is 29.3 Å². The molecule has 1 N–H and O–H groups in total. The first-order chi connectivity index (χ1) is 13.7. The molecule has 1 heterocycles. The molecule has 4 rings (SSSR count). The first-order valence-electron chi connectivity index (χ1n) is 10.1. The number of carbonyl (C=O) groups excluding carboxylic acids is 2. The number of amides is 2. The van der Waals surface area contributed by atoms with E-state index >= 15 is 0 Å². The minimum absolute atomic E-state index is 0.00472. The fraction of sp³-hybridized carbons (Fsp3) is 0.391. The fourth-order valence-electron chi connectivity index (χ4n) is 4.07.